The Hall–Kier alpha value is -2.08. The molecule has 2 heterocycles. The second-order valence-corrected chi connectivity index (χ2v) is 5.41. The van der Waals surface area contributed by atoms with E-state index in [0.29, 0.717) is 17.8 Å². The Kier molecular flexibility index (Phi) is 3.55. The number of aromatic nitrogens is 4. The van der Waals surface area contributed by atoms with Gasteiger partial charge in [0.15, 0.2) is 0 Å². The van der Waals surface area contributed by atoms with Gasteiger partial charge < -0.3 is 14.4 Å². The zero-order valence-electron chi connectivity index (χ0n) is 12.1. The number of alkyl halides is 1. The maximum Gasteiger partial charge on any atom is 0.241 e. The van der Waals surface area contributed by atoms with Crippen molar-refractivity contribution in [3.05, 3.63) is 24.1 Å². The molecule has 0 saturated carbocycles. The average molecular weight is 306 g/mol. The van der Waals surface area contributed by atoms with Crippen LogP contribution < -0.4 is 4.90 Å². The van der Waals surface area contributed by atoms with Crippen molar-refractivity contribution >= 4 is 28.6 Å². The zero-order chi connectivity index (χ0) is 15.0. The number of anilines is 1. The molecule has 0 saturated heterocycles. The molecule has 0 unspecified atom stereocenters. The molecule has 2 aromatic heterocycles. The van der Waals surface area contributed by atoms with Crippen molar-refractivity contribution in [3.63, 3.8) is 0 Å². The van der Waals surface area contributed by atoms with E-state index in [1.807, 2.05) is 25.2 Å². The average Bonchev–Trinajstić information content (AvgIpc) is 3.11. The molecule has 1 aromatic carbocycles. The second kappa shape index (κ2) is 5.37. The van der Waals surface area contributed by atoms with Gasteiger partial charge in [-0.25, -0.2) is 4.98 Å². The van der Waals surface area contributed by atoms with Gasteiger partial charge >= 0.3 is 0 Å². The molecule has 110 valence electrons. The van der Waals surface area contributed by atoms with Crippen LogP contribution in [0.2, 0.25) is 0 Å². The Balaban J connectivity index is 1.99. The van der Waals surface area contributed by atoms with E-state index < -0.39 is 0 Å². The van der Waals surface area contributed by atoms with Gasteiger partial charge in [0.25, 0.3) is 0 Å². The van der Waals surface area contributed by atoms with Gasteiger partial charge in [0.2, 0.25) is 17.7 Å². The van der Waals surface area contributed by atoms with E-state index in [-0.39, 0.29) is 5.88 Å². The monoisotopic (exact) mass is 305 g/mol. The van der Waals surface area contributed by atoms with Crippen LogP contribution in [0.5, 0.6) is 0 Å². The second-order valence-electron chi connectivity index (χ2n) is 5.14. The molecule has 3 aromatic rings. The largest absolute Gasteiger partial charge is 0.343 e. The number of nitrogens with one attached hydrogen (secondary N) is 1. The maximum absolute atomic E-state index is 5.67. The number of aromatic amines is 1. The van der Waals surface area contributed by atoms with E-state index in [0.717, 1.165) is 22.5 Å². The summed E-state index contributed by atoms with van der Waals surface area (Å²) in [4.78, 5) is 14.2. The molecule has 0 spiro atoms. The SMILES string of the molecule is CC(C)N(C)c1nc2ccc(-c3noc(CCl)n3)cc2[nH]1. The van der Waals surface area contributed by atoms with Crippen molar-refractivity contribution in [2.24, 2.45) is 0 Å². The van der Waals surface area contributed by atoms with Gasteiger partial charge in [-0.3, -0.25) is 0 Å². The van der Waals surface area contributed by atoms with E-state index in [2.05, 4.69) is 38.9 Å². The molecule has 0 amide bonds. The molecule has 3 rings (SSSR count). The van der Waals surface area contributed by atoms with E-state index in [1.54, 1.807) is 0 Å². The summed E-state index contributed by atoms with van der Waals surface area (Å²) in [6, 6.07) is 6.19. The summed E-state index contributed by atoms with van der Waals surface area (Å²) < 4.78 is 5.03. The smallest absolute Gasteiger partial charge is 0.241 e. The topological polar surface area (TPSA) is 70.8 Å². The Labute approximate surface area is 127 Å². The van der Waals surface area contributed by atoms with Crippen molar-refractivity contribution in [1.82, 2.24) is 20.1 Å². The summed E-state index contributed by atoms with van der Waals surface area (Å²) in [6.45, 7) is 4.23. The summed E-state index contributed by atoms with van der Waals surface area (Å²) in [5.74, 6) is 1.99. The standard InChI is InChI=1S/C14H16ClN5O/c1-8(2)20(3)14-16-10-5-4-9(6-11(10)17-14)13-18-12(7-15)21-19-13/h4-6,8H,7H2,1-3H3,(H,16,17). The molecular formula is C14H16ClN5O. The van der Waals surface area contributed by atoms with Crippen molar-refractivity contribution in [2.75, 3.05) is 11.9 Å². The van der Waals surface area contributed by atoms with Gasteiger partial charge in [-0.1, -0.05) is 5.16 Å². The van der Waals surface area contributed by atoms with Crippen LogP contribution in [0.15, 0.2) is 22.7 Å². The highest BCUT2D eigenvalue weighted by Crippen LogP contribution is 2.24. The molecule has 1 N–H and O–H groups in total. The Morgan fingerprint density at radius 1 is 1.33 bits per heavy atom. The quantitative estimate of drug-likeness (QED) is 0.750. The molecule has 0 fully saturated rings. The first-order chi connectivity index (χ1) is 10.1. The van der Waals surface area contributed by atoms with Crippen LogP contribution in [0.1, 0.15) is 19.7 Å². The van der Waals surface area contributed by atoms with Crippen molar-refractivity contribution in [1.29, 1.82) is 0 Å². The van der Waals surface area contributed by atoms with E-state index in [4.69, 9.17) is 16.1 Å². The highest BCUT2D eigenvalue weighted by atomic mass is 35.5. The van der Waals surface area contributed by atoms with E-state index in [9.17, 15) is 0 Å². The number of H-pyrrole nitrogens is 1. The highest BCUT2D eigenvalue weighted by molar-refractivity contribution is 6.16. The van der Waals surface area contributed by atoms with Gasteiger partial charge in [0.1, 0.15) is 5.88 Å². The molecular weight excluding hydrogens is 290 g/mol. The molecule has 0 aliphatic carbocycles. The summed E-state index contributed by atoms with van der Waals surface area (Å²) in [7, 11) is 2.01. The number of benzene rings is 1. The number of fused-ring (bicyclic) bond motifs is 1. The number of nitrogens with zero attached hydrogens (tertiary/aromatic N) is 4. The predicted octanol–water partition coefficient (Wildman–Crippen LogP) is 3.20. The lowest BCUT2D eigenvalue weighted by atomic mass is 10.2. The van der Waals surface area contributed by atoms with E-state index >= 15 is 0 Å². The lowest BCUT2D eigenvalue weighted by Gasteiger charge is -2.19. The Morgan fingerprint density at radius 2 is 2.14 bits per heavy atom. The van der Waals surface area contributed by atoms with Crippen LogP contribution >= 0.6 is 11.6 Å². The first kappa shape index (κ1) is 13.9. The predicted molar refractivity (Wildman–Crippen MR) is 82.5 cm³/mol. The van der Waals surface area contributed by atoms with Gasteiger partial charge in [-0.05, 0) is 32.0 Å². The van der Waals surface area contributed by atoms with Crippen LogP contribution in [-0.2, 0) is 5.88 Å². The van der Waals surface area contributed by atoms with Crippen LogP contribution in [0.25, 0.3) is 22.4 Å². The zero-order valence-corrected chi connectivity index (χ0v) is 12.8. The Morgan fingerprint density at radius 3 is 2.81 bits per heavy atom. The molecule has 0 aliphatic rings. The molecule has 7 heteroatoms. The van der Waals surface area contributed by atoms with Crippen molar-refractivity contribution < 1.29 is 4.52 Å². The number of imidazole rings is 1. The van der Waals surface area contributed by atoms with Crippen molar-refractivity contribution in [2.45, 2.75) is 25.8 Å². The minimum Gasteiger partial charge on any atom is -0.343 e. The summed E-state index contributed by atoms with van der Waals surface area (Å²) in [6.07, 6.45) is 0. The molecule has 6 nitrogen and oxygen atoms in total. The van der Waals surface area contributed by atoms with Crippen LogP contribution in [0.3, 0.4) is 0 Å². The summed E-state index contributed by atoms with van der Waals surface area (Å²) in [5, 5.41) is 3.92. The third-order valence-corrected chi connectivity index (χ3v) is 3.65. The van der Waals surface area contributed by atoms with Gasteiger partial charge in [-0.15, -0.1) is 11.6 Å². The fourth-order valence-corrected chi connectivity index (χ4v) is 2.08. The van der Waals surface area contributed by atoms with Gasteiger partial charge in [0.05, 0.1) is 11.0 Å². The molecule has 0 bridgehead atoms. The van der Waals surface area contributed by atoms with Gasteiger partial charge in [0, 0.05) is 18.7 Å². The van der Waals surface area contributed by atoms with Crippen LogP contribution in [0, 0.1) is 0 Å². The lowest BCUT2D eigenvalue weighted by molar-refractivity contribution is 0.391. The minimum absolute atomic E-state index is 0.211. The first-order valence-corrected chi connectivity index (χ1v) is 7.23. The normalized spacial score (nSPS) is 11.5. The number of hydrogen-bond acceptors (Lipinski definition) is 5. The number of hydrogen-bond donors (Lipinski definition) is 1. The maximum atomic E-state index is 5.67. The van der Waals surface area contributed by atoms with Gasteiger partial charge in [-0.2, -0.15) is 4.98 Å². The molecule has 0 aliphatic heterocycles. The first-order valence-electron chi connectivity index (χ1n) is 6.70. The van der Waals surface area contributed by atoms with Crippen molar-refractivity contribution in [3.8, 4) is 11.4 Å². The Bertz CT molecular complexity index is 764. The summed E-state index contributed by atoms with van der Waals surface area (Å²) >= 11 is 5.67. The third kappa shape index (κ3) is 2.58. The minimum atomic E-state index is 0.211. The van der Waals surface area contributed by atoms with E-state index in [1.165, 1.54) is 0 Å². The number of halogens is 1. The molecule has 0 atom stereocenters. The fourth-order valence-electron chi connectivity index (χ4n) is 1.97. The number of rotatable bonds is 4. The molecule has 0 radical (unpaired) electrons. The highest BCUT2D eigenvalue weighted by Gasteiger charge is 2.13. The molecule has 21 heavy (non-hydrogen) atoms. The third-order valence-electron chi connectivity index (χ3n) is 3.42. The van der Waals surface area contributed by atoms with Crippen LogP contribution in [-0.4, -0.2) is 33.2 Å². The fraction of sp³-hybridized carbons (Fsp3) is 0.357. The lowest BCUT2D eigenvalue weighted by Crippen LogP contribution is -2.26. The summed E-state index contributed by atoms with van der Waals surface area (Å²) in [5.41, 5.74) is 2.71. The van der Waals surface area contributed by atoms with Crippen LogP contribution in [0.4, 0.5) is 5.95 Å².